The fourth-order valence-electron chi connectivity index (χ4n) is 14.2. The minimum Gasteiger partial charge on any atom is -0.707 e. The van der Waals surface area contributed by atoms with Gasteiger partial charge < -0.3 is 19.2 Å². The van der Waals surface area contributed by atoms with Crippen molar-refractivity contribution in [2.75, 3.05) is 0 Å². The second kappa shape index (κ2) is 47.6. The molecule has 0 saturated carbocycles. The van der Waals surface area contributed by atoms with Crippen LogP contribution >= 0.6 is 45.2 Å². The first-order chi connectivity index (χ1) is 57.8. The van der Waals surface area contributed by atoms with Crippen LogP contribution in [0, 0.1) is 62.5 Å². The van der Waals surface area contributed by atoms with Gasteiger partial charge in [0.2, 0.25) is 0 Å². The highest BCUT2D eigenvalue weighted by Crippen LogP contribution is 2.43. The molecule has 0 heterocycles. The minimum absolute atomic E-state index is 0.446. The summed E-state index contributed by atoms with van der Waals surface area (Å²) in [5.74, 6) is 2.81. The molecule has 18 nitrogen and oxygen atoms in total. The van der Waals surface area contributed by atoms with Crippen molar-refractivity contribution in [3.05, 3.63) is 328 Å². The van der Waals surface area contributed by atoms with Crippen molar-refractivity contribution in [1.29, 1.82) is 0 Å². The highest BCUT2D eigenvalue weighted by Gasteiger charge is 2.28. The number of nitrogens with two attached hydrogens (primary N) is 4. The number of hydrogen-bond donors (Lipinski definition) is 6. The summed E-state index contributed by atoms with van der Waals surface area (Å²) in [6.07, 6.45) is 0. The van der Waals surface area contributed by atoms with Crippen LogP contribution in [0.2, 0.25) is 0 Å². The summed E-state index contributed by atoms with van der Waals surface area (Å²) >= 11 is 4.93. The Labute approximate surface area is 751 Å². The summed E-state index contributed by atoms with van der Waals surface area (Å²) in [5, 5.41) is 42.9. The molecule has 0 aliphatic carbocycles. The van der Waals surface area contributed by atoms with Gasteiger partial charge in [-0.3, -0.25) is 21.3 Å². The fraction of sp³-hybridized carbons (Fsp3) is 0.265. The van der Waals surface area contributed by atoms with Crippen molar-refractivity contribution in [3.63, 3.8) is 0 Å². The van der Waals surface area contributed by atoms with Crippen molar-refractivity contribution in [2.45, 2.75) is 174 Å². The Kier molecular flexibility index (Phi) is 39.3. The van der Waals surface area contributed by atoms with Crippen LogP contribution < -0.4 is 31.8 Å². The van der Waals surface area contributed by atoms with Gasteiger partial charge in [-0.15, -0.1) is 8.67 Å². The van der Waals surface area contributed by atoms with Crippen LogP contribution in [0.5, 0.6) is 0 Å². The molecule has 0 bridgehead atoms. The number of para-hydroxylation sites is 4. The maximum Gasteiger partial charge on any atom is 0.337 e. The van der Waals surface area contributed by atoms with E-state index in [1.165, 1.54) is 175 Å². The lowest BCUT2D eigenvalue weighted by Gasteiger charge is -2.22. The van der Waals surface area contributed by atoms with E-state index in [1.807, 2.05) is 0 Å². The molecule has 2 unspecified atom stereocenters. The Morgan fingerprint density at radius 2 is 0.475 bits per heavy atom. The van der Waals surface area contributed by atoms with Gasteiger partial charge in [-0.1, -0.05) is 277 Å². The number of quaternary nitrogens is 4. The molecule has 0 aliphatic heterocycles. The lowest BCUT2D eigenvalue weighted by molar-refractivity contribution is -0.637. The average molecular weight is 1960 g/mol. The molecule has 648 valence electrons. The van der Waals surface area contributed by atoms with Gasteiger partial charge in [-0.25, -0.2) is 10.5 Å². The van der Waals surface area contributed by atoms with Crippen molar-refractivity contribution in [3.8, 4) is 44.5 Å². The summed E-state index contributed by atoms with van der Waals surface area (Å²) in [6.45, 7) is 45.2. The molecule has 2 atom stereocenters. The van der Waals surface area contributed by atoms with Crippen molar-refractivity contribution < 1.29 is 84.9 Å². The van der Waals surface area contributed by atoms with E-state index in [0.717, 1.165) is 0 Å². The van der Waals surface area contributed by atoms with Gasteiger partial charge in [0, 0.05) is 96.2 Å². The molecule has 0 amide bonds. The maximum atomic E-state index is 10.0. The Balaban J connectivity index is 0.000000217. The van der Waals surface area contributed by atoms with Gasteiger partial charge in [0.1, 0.15) is 34.1 Å². The largest absolute Gasteiger partial charge is 0.707 e. The molecule has 122 heavy (non-hydrogen) atoms. The highest BCUT2D eigenvalue weighted by atomic mass is 127. The van der Waals surface area contributed by atoms with E-state index >= 15 is 0 Å². The summed E-state index contributed by atoms with van der Waals surface area (Å²) in [5.41, 5.74) is 40.3. The molecule has 12 aromatic carbocycles. The van der Waals surface area contributed by atoms with E-state index in [4.69, 9.17) is 10.5 Å². The van der Waals surface area contributed by atoms with Gasteiger partial charge in [-0.05, 0) is 218 Å². The van der Waals surface area contributed by atoms with Crippen LogP contribution in [0.25, 0.3) is 44.5 Å². The smallest absolute Gasteiger partial charge is 0.337 e. The Morgan fingerprint density at radius 1 is 0.287 bits per heavy atom. The molecule has 10 N–H and O–H groups in total. The summed E-state index contributed by atoms with van der Waals surface area (Å²) in [6, 6.07) is 88.3. The number of benzene rings is 12. The quantitative estimate of drug-likeness (QED) is 0.0159. The van der Waals surface area contributed by atoms with E-state index in [-0.39, 0.29) is 0 Å². The van der Waals surface area contributed by atoms with Crippen LogP contribution in [0.4, 0.5) is 45.5 Å². The van der Waals surface area contributed by atoms with Crippen LogP contribution in [0.3, 0.4) is 0 Å². The first kappa shape index (κ1) is 101. The van der Waals surface area contributed by atoms with E-state index in [9.17, 15) is 35.8 Å². The molecule has 24 heteroatoms. The topological polar surface area (TPSA) is 292 Å². The molecule has 0 saturated heterocycles. The molecule has 0 aromatic heterocycles. The van der Waals surface area contributed by atoms with E-state index in [0.29, 0.717) is 35.5 Å². The third-order valence-electron chi connectivity index (χ3n) is 21.0. The van der Waals surface area contributed by atoms with Gasteiger partial charge in [0.25, 0.3) is 0 Å². The van der Waals surface area contributed by atoms with Crippen LogP contribution in [-0.4, -0.2) is 35.8 Å². The van der Waals surface area contributed by atoms with Crippen LogP contribution in [0.1, 0.15) is 196 Å². The SMILES string of the molecule is CC(C)c1cc(C(C)C)c([NH2+]c2c(-c3ccccc3)cc(I)cc2-c2ccccc2)c(C(C)C)c1.CC(C)c1cc(C(C)C)c([NH2+]c2c(-c3ccccc3)cc(I)cc2-c2ccccc2)c(C(C)C)c1.Cc1cccc(C)c1[NH2+]c1c(C)cccc1C.Cc1cccc(C)c1[NH2+]c1c(C)cccc1C.O=S(=O)=S(=O)(O[O-])OO.O=S(=O)=S(=O)(O[O-])OO. The predicted octanol–water partition coefficient (Wildman–Crippen LogP) is 21.3. The zero-order valence-electron chi connectivity index (χ0n) is 73.0. The Hall–Kier alpha value is -8.44. The first-order valence-electron chi connectivity index (χ1n) is 40.3. The van der Waals surface area contributed by atoms with Gasteiger partial charge in [0.15, 0.2) is 11.4 Å². The Bertz CT molecular complexity index is 5290. The normalized spacial score (nSPS) is 12.1. The molecular formula is C98H116I2N4O14S4+2. The average Bonchev–Trinajstić information content (AvgIpc) is 0.770. The van der Waals surface area contributed by atoms with Gasteiger partial charge >= 0.3 is 36.6 Å². The zero-order chi connectivity index (χ0) is 90.0. The van der Waals surface area contributed by atoms with Crippen molar-refractivity contribution in [1.82, 2.24) is 0 Å². The summed E-state index contributed by atoms with van der Waals surface area (Å²) < 4.78 is 71.4. The second-order valence-corrected chi connectivity index (χ2v) is 41.4. The number of hydrogen-bond acceptors (Lipinski definition) is 14. The standard InChI is InChI=1S/2C33H36IN.2C16H19N.2H2O7S2/c2*1-21(2)26-17-28(22(3)4)32(29(18-26)23(5)6)35-33-30(24-13-9-7-10-14-24)19-27(34)20-31(33)25-15-11-8-12-16-25;2*1-11-7-5-8-12(2)15(11)17-16-13(3)9-6-10-14(16)4;2*1-6-9(5,7-2)8(3)4/h2*7-23,35H,1-6H3;2*5-10,17H,1-4H3;2*1-2H/p+2. The fourth-order valence-corrected chi connectivity index (χ4v) is 16.3. The zero-order valence-corrected chi connectivity index (χ0v) is 80.6. The molecule has 0 spiro atoms. The van der Waals surface area contributed by atoms with E-state index in [1.54, 1.807) is 0 Å². The highest BCUT2D eigenvalue weighted by molar-refractivity contribution is 14.1. The minimum atomic E-state index is -4.56. The summed E-state index contributed by atoms with van der Waals surface area (Å²) in [7, 11) is -15.9. The van der Waals surface area contributed by atoms with E-state index in [2.05, 4.69) is 465 Å². The van der Waals surface area contributed by atoms with Crippen molar-refractivity contribution >= 4 is 127 Å². The number of aryl methyl sites for hydroxylation is 8. The molecule has 0 fully saturated rings. The number of rotatable bonds is 22. The Morgan fingerprint density at radius 3 is 0.623 bits per heavy atom. The maximum absolute atomic E-state index is 10.0. The predicted molar refractivity (Wildman–Crippen MR) is 510 cm³/mol. The van der Waals surface area contributed by atoms with Gasteiger partial charge in [0.05, 0.1) is 0 Å². The molecular weight excluding hydrogens is 1840 g/mol. The van der Waals surface area contributed by atoms with Gasteiger partial charge in [-0.2, -0.15) is 25.3 Å². The van der Waals surface area contributed by atoms with E-state index < -0.39 is 36.6 Å². The molecule has 0 aliphatic rings. The lowest BCUT2D eigenvalue weighted by atomic mass is 9.86. The van der Waals surface area contributed by atoms with Crippen molar-refractivity contribution in [2.24, 2.45) is 0 Å². The molecule has 12 aromatic rings. The molecule has 12 rings (SSSR count). The molecule has 0 radical (unpaired) electrons. The van der Waals surface area contributed by atoms with Crippen LogP contribution in [-0.2, 0) is 54.0 Å². The third kappa shape index (κ3) is 27.3. The number of halogens is 2. The summed E-state index contributed by atoms with van der Waals surface area (Å²) in [4.78, 5) is 0. The first-order valence-corrected chi connectivity index (χ1v) is 48.4. The second-order valence-electron chi connectivity index (χ2n) is 31.8. The monoisotopic (exact) mass is 1950 g/mol. The third-order valence-corrected chi connectivity index (χ3v) is 26.3. The van der Waals surface area contributed by atoms with Crippen LogP contribution in [0.15, 0.2) is 243 Å². The lowest BCUT2D eigenvalue weighted by Crippen LogP contribution is -2.72.